The fourth-order valence-electron chi connectivity index (χ4n) is 2.57. The minimum Gasteiger partial charge on any atom is -0.420 e. The van der Waals surface area contributed by atoms with Gasteiger partial charge in [0.1, 0.15) is 0 Å². The minimum atomic E-state index is 0.0120. The molecule has 3 rings (SSSR count). The second-order valence-corrected chi connectivity index (χ2v) is 6.60. The highest BCUT2D eigenvalue weighted by molar-refractivity contribution is 7.08. The molecule has 2 amide bonds. The number of nitrogens with one attached hydrogen (secondary N) is 1. The van der Waals surface area contributed by atoms with Gasteiger partial charge >= 0.3 is 6.03 Å². The molecule has 0 aromatic carbocycles. The Morgan fingerprint density at radius 2 is 2.18 bits per heavy atom. The Hall–Kier alpha value is -1.89. The summed E-state index contributed by atoms with van der Waals surface area (Å²) in [6.45, 7) is 5.38. The fourth-order valence-corrected chi connectivity index (χ4v) is 3.20. The Morgan fingerprint density at radius 1 is 1.41 bits per heavy atom. The van der Waals surface area contributed by atoms with E-state index in [1.54, 1.807) is 11.3 Å². The standard InChI is InChI=1S/C15H20N4O2S/c1-10(2)16-15(20)19-6-3-11(4-7-19)13-17-18-14(21-13)12-5-8-22-9-12/h5,8-11H,3-4,6-7H2,1-2H3,(H,16,20). The Morgan fingerprint density at radius 3 is 2.82 bits per heavy atom. The minimum absolute atomic E-state index is 0.0120. The van der Waals surface area contributed by atoms with Gasteiger partial charge < -0.3 is 14.6 Å². The first kappa shape index (κ1) is 15.0. The Kier molecular flexibility index (Phi) is 4.42. The van der Waals surface area contributed by atoms with E-state index in [-0.39, 0.29) is 18.0 Å². The van der Waals surface area contributed by atoms with Crippen LogP contribution >= 0.6 is 11.3 Å². The molecular formula is C15H20N4O2S. The van der Waals surface area contributed by atoms with Gasteiger partial charge in [0.25, 0.3) is 0 Å². The van der Waals surface area contributed by atoms with E-state index < -0.39 is 0 Å². The number of likely N-dealkylation sites (tertiary alicyclic amines) is 1. The topological polar surface area (TPSA) is 71.3 Å². The Labute approximate surface area is 133 Å². The number of amides is 2. The van der Waals surface area contributed by atoms with Crippen molar-refractivity contribution in [2.24, 2.45) is 0 Å². The average molecular weight is 320 g/mol. The average Bonchev–Trinajstić information content (AvgIpc) is 3.18. The monoisotopic (exact) mass is 320 g/mol. The van der Waals surface area contributed by atoms with Crippen LogP contribution in [-0.4, -0.2) is 40.3 Å². The maximum Gasteiger partial charge on any atom is 0.317 e. The van der Waals surface area contributed by atoms with Gasteiger partial charge in [-0.2, -0.15) is 11.3 Å². The van der Waals surface area contributed by atoms with Crippen molar-refractivity contribution < 1.29 is 9.21 Å². The van der Waals surface area contributed by atoms with E-state index in [4.69, 9.17) is 4.42 Å². The molecule has 7 heteroatoms. The molecule has 0 bridgehead atoms. The summed E-state index contributed by atoms with van der Waals surface area (Å²) in [5.74, 6) is 1.50. The predicted octanol–water partition coefficient (Wildman–Crippen LogP) is 3.10. The van der Waals surface area contributed by atoms with E-state index in [2.05, 4.69) is 15.5 Å². The lowest BCUT2D eigenvalue weighted by molar-refractivity contribution is 0.175. The molecule has 118 valence electrons. The van der Waals surface area contributed by atoms with Gasteiger partial charge in [0.2, 0.25) is 11.8 Å². The van der Waals surface area contributed by atoms with Crippen LogP contribution in [0.15, 0.2) is 21.2 Å². The van der Waals surface area contributed by atoms with Crippen molar-refractivity contribution in [2.75, 3.05) is 13.1 Å². The molecule has 0 spiro atoms. The highest BCUT2D eigenvalue weighted by Crippen LogP contribution is 2.29. The predicted molar refractivity (Wildman–Crippen MR) is 84.8 cm³/mol. The van der Waals surface area contributed by atoms with Crippen molar-refractivity contribution >= 4 is 17.4 Å². The molecule has 0 radical (unpaired) electrons. The molecule has 2 aromatic heterocycles. The smallest absolute Gasteiger partial charge is 0.317 e. The van der Waals surface area contributed by atoms with Gasteiger partial charge in [-0.1, -0.05) is 0 Å². The number of thiophene rings is 1. The quantitative estimate of drug-likeness (QED) is 0.943. The molecule has 6 nitrogen and oxygen atoms in total. The number of nitrogens with zero attached hydrogens (tertiary/aromatic N) is 3. The van der Waals surface area contributed by atoms with Crippen molar-refractivity contribution in [1.82, 2.24) is 20.4 Å². The highest BCUT2D eigenvalue weighted by Gasteiger charge is 2.27. The molecule has 22 heavy (non-hydrogen) atoms. The number of piperidine rings is 1. The molecule has 1 saturated heterocycles. The number of carbonyl (C=O) groups excluding carboxylic acids is 1. The lowest BCUT2D eigenvalue weighted by Crippen LogP contribution is -2.46. The number of urea groups is 1. The summed E-state index contributed by atoms with van der Waals surface area (Å²) >= 11 is 1.61. The second-order valence-electron chi connectivity index (χ2n) is 5.82. The van der Waals surface area contributed by atoms with Crippen molar-refractivity contribution in [3.63, 3.8) is 0 Å². The van der Waals surface area contributed by atoms with E-state index in [9.17, 15) is 4.79 Å². The first-order valence-electron chi connectivity index (χ1n) is 7.55. The van der Waals surface area contributed by atoms with Gasteiger partial charge in [-0.15, -0.1) is 10.2 Å². The van der Waals surface area contributed by atoms with Crippen molar-refractivity contribution in [2.45, 2.75) is 38.6 Å². The van der Waals surface area contributed by atoms with Gasteiger partial charge in [-0.3, -0.25) is 0 Å². The van der Waals surface area contributed by atoms with Crippen molar-refractivity contribution in [3.05, 3.63) is 22.7 Å². The summed E-state index contributed by atoms with van der Waals surface area (Å²) in [7, 11) is 0. The number of hydrogen-bond acceptors (Lipinski definition) is 5. The lowest BCUT2D eigenvalue weighted by atomic mass is 9.97. The van der Waals surface area contributed by atoms with Crippen LogP contribution in [0, 0.1) is 0 Å². The molecule has 1 N–H and O–H groups in total. The maximum atomic E-state index is 12.0. The van der Waals surface area contributed by atoms with Crippen LogP contribution in [0.5, 0.6) is 0 Å². The molecule has 1 fully saturated rings. The van der Waals surface area contributed by atoms with Crippen LogP contribution in [0.25, 0.3) is 11.5 Å². The molecule has 3 heterocycles. The van der Waals surface area contributed by atoms with Crippen LogP contribution in [0.1, 0.15) is 38.5 Å². The lowest BCUT2D eigenvalue weighted by Gasteiger charge is -2.31. The number of hydrogen-bond donors (Lipinski definition) is 1. The normalized spacial score (nSPS) is 16.2. The van der Waals surface area contributed by atoms with Gasteiger partial charge in [0, 0.05) is 36.0 Å². The second kappa shape index (κ2) is 6.48. The summed E-state index contributed by atoms with van der Waals surface area (Å²) in [5, 5.41) is 15.2. The van der Waals surface area contributed by atoms with E-state index in [0.717, 1.165) is 31.5 Å². The fraction of sp³-hybridized carbons (Fsp3) is 0.533. The zero-order valence-electron chi connectivity index (χ0n) is 12.8. The van der Waals surface area contributed by atoms with Crippen LogP contribution in [0.2, 0.25) is 0 Å². The summed E-state index contributed by atoms with van der Waals surface area (Å²) in [4.78, 5) is 13.8. The number of rotatable bonds is 3. The largest absolute Gasteiger partial charge is 0.420 e. The summed E-state index contributed by atoms with van der Waals surface area (Å²) in [5.41, 5.74) is 0.970. The summed E-state index contributed by atoms with van der Waals surface area (Å²) in [6.07, 6.45) is 1.72. The molecule has 2 aromatic rings. The molecular weight excluding hydrogens is 300 g/mol. The van der Waals surface area contributed by atoms with E-state index in [0.29, 0.717) is 11.8 Å². The third-order valence-electron chi connectivity index (χ3n) is 3.75. The zero-order chi connectivity index (χ0) is 15.5. The van der Waals surface area contributed by atoms with E-state index in [1.165, 1.54) is 0 Å². The van der Waals surface area contributed by atoms with Gasteiger partial charge in [-0.25, -0.2) is 4.79 Å². The van der Waals surface area contributed by atoms with Gasteiger partial charge in [0.15, 0.2) is 0 Å². The third-order valence-corrected chi connectivity index (χ3v) is 4.44. The zero-order valence-corrected chi connectivity index (χ0v) is 13.6. The van der Waals surface area contributed by atoms with E-state index in [1.807, 2.05) is 35.6 Å². The SMILES string of the molecule is CC(C)NC(=O)N1CCC(c2nnc(-c3ccsc3)o2)CC1. The summed E-state index contributed by atoms with van der Waals surface area (Å²) < 4.78 is 5.79. The van der Waals surface area contributed by atoms with Crippen LogP contribution in [-0.2, 0) is 0 Å². The Balaban J connectivity index is 1.59. The first-order chi connectivity index (χ1) is 10.6. The van der Waals surface area contributed by atoms with Crippen LogP contribution < -0.4 is 5.32 Å². The highest BCUT2D eigenvalue weighted by atomic mass is 32.1. The molecule has 1 aliphatic heterocycles. The van der Waals surface area contributed by atoms with Crippen LogP contribution in [0.3, 0.4) is 0 Å². The van der Waals surface area contributed by atoms with Crippen LogP contribution in [0.4, 0.5) is 4.79 Å². The molecule has 1 aliphatic rings. The maximum absolute atomic E-state index is 12.0. The van der Waals surface area contributed by atoms with Gasteiger partial charge in [-0.05, 0) is 38.1 Å². The molecule has 0 atom stereocenters. The van der Waals surface area contributed by atoms with Gasteiger partial charge in [0.05, 0.1) is 0 Å². The summed E-state index contributed by atoms with van der Waals surface area (Å²) in [6, 6.07) is 2.15. The third kappa shape index (κ3) is 3.30. The number of aromatic nitrogens is 2. The van der Waals surface area contributed by atoms with E-state index >= 15 is 0 Å². The van der Waals surface area contributed by atoms with Crippen molar-refractivity contribution in [3.8, 4) is 11.5 Å². The molecule has 0 saturated carbocycles. The first-order valence-corrected chi connectivity index (χ1v) is 8.49. The van der Waals surface area contributed by atoms with Crippen molar-refractivity contribution in [1.29, 1.82) is 0 Å². The molecule has 0 aliphatic carbocycles. The Bertz CT molecular complexity index is 615. The molecule has 0 unspecified atom stereocenters. The number of carbonyl (C=O) groups is 1.